The largest absolute Gasteiger partial charge is 0.387 e. The Morgan fingerprint density at radius 3 is 2.83 bits per heavy atom. The first-order valence-corrected chi connectivity index (χ1v) is 6.94. The van der Waals surface area contributed by atoms with E-state index in [2.05, 4.69) is 13.0 Å². The molecule has 4 nitrogen and oxygen atoms in total. The van der Waals surface area contributed by atoms with Gasteiger partial charge in [0.15, 0.2) is 0 Å². The third-order valence-corrected chi connectivity index (χ3v) is 3.93. The SMILES string of the molecule is CCCC1(O)CN(CC(=O)N(C)C2=CCCC2)C1. The predicted molar refractivity (Wildman–Crippen MR) is 71.0 cm³/mol. The number of amides is 1. The lowest BCUT2D eigenvalue weighted by molar-refractivity contribution is -0.139. The second kappa shape index (κ2) is 5.41. The summed E-state index contributed by atoms with van der Waals surface area (Å²) in [4.78, 5) is 15.9. The summed E-state index contributed by atoms with van der Waals surface area (Å²) in [5, 5.41) is 10.1. The number of allylic oxidation sites excluding steroid dienone is 2. The first-order chi connectivity index (χ1) is 8.54. The predicted octanol–water partition coefficient (Wildman–Crippen LogP) is 1.36. The van der Waals surface area contributed by atoms with Crippen molar-refractivity contribution in [2.24, 2.45) is 0 Å². The Morgan fingerprint density at radius 1 is 1.56 bits per heavy atom. The van der Waals surface area contributed by atoms with Gasteiger partial charge in [-0.3, -0.25) is 9.69 Å². The first kappa shape index (κ1) is 13.6. The molecule has 0 saturated carbocycles. The molecule has 1 aliphatic heterocycles. The van der Waals surface area contributed by atoms with Gasteiger partial charge in [0, 0.05) is 25.8 Å². The Labute approximate surface area is 109 Å². The number of carbonyl (C=O) groups excluding carboxylic acids is 1. The second-order valence-electron chi connectivity index (χ2n) is 5.66. The Balaban J connectivity index is 1.76. The molecule has 102 valence electrons. The highest BCUT2D eigenvalue weighted by Gasteiger charge is 2.41. The lowest BCUT2D eigenvalue weighted by Crippen LogP contribution is -2.63. The zero-order chi connectivity index (χ0) is 13.2. The molecule has 0 aromatic carbocycles. The van der Waals surface area contributed by atoms with Crippen molar-refractivity contribution in [3.05, 3.63) is 11.8 Å². The van der Waals surface area contributed by atoms with E-state index < -0.39 is 5.60 Å². The van der Waals surface area contributed by atoms with Gasteiger partial charge in [-0.15, -0.1) is 0 Å². The third kappa shape index (κ3) is 2.93. The summed E-state index contributed by atoms with van der Waals surface area (Å²) in [6, 6.07) is 0. The lowest BCUT2D eigenvalue weighted by atomic mass is 9.89. The van der Waals surface area contributed by atoms with E-state index in [1.165, 1.54) is 0 Å². The van der Waals surface area contributed by atoms with Crippen LogP contribution in [-0.4, -0.2) is 53.1 Å². The molecule has 18 heavy (non-hydrogen) atoms. The maximum Gasteiger partial charge on any atom is 0.240 e. The van der Waals surface area contributed by atoms with Crippen LogP contribution in [0.15, 0.2) is 11.8 Å². The summed E-state index contributed by atoms with van der Waals surface area (Å²) >= 11 is 0. The molecule has 1 heterocycles. The molecular formula is C14H24N2O2. The number of hydrogen-bond donors (Lipinski definition) is 1. The van der Waals surface area contributed by atoms with E-state index in [0.29, 0.717) is 19.6 Å². The van der Waals surface area contributed by atoms with E-state index in [1.54, 1.807) is 4.90 Å². The Bertz CT molecular complexity index is 346. The number of likely N-dealkylation sites (tertiary alicyclic amines) is 1. The zero-order valence-electron chi connectivity index (χ0n) is 11.5. The highest BCUT2D eigenvalue weighted by atomic mass is 16.3. The molecule has 0 unspecified atom stereocenters. The molecule has 0 aromatic heterocycles. The van der Waals surface area contributed by atoms with Crippen LogP contribution in [-0.2, 0) is 4.79 Å². The molecule has 1 aliphatic carbocycles. The van der Waals surface area contributed by atoms with Gasteiger partial charge in [-0.05, 0) is 25.7 Å². The first-order valence-electron chi connectivity index (χ1n) is 6.94. The maximum absolute atomic E-state index is 12.1. The molecule has 0 radical (unpaired) electrons. The summed E-state index contributed by atoms with van der Waals surface area (Å²) in [5.74, 6) is 0.140. The van der Waals surface area contributed by atoms with Crippen molar-refractivity contribution in [2.75, 3.05) is 26.7 Å². The Hall–Kier alpha value is -0.870. The smallest absolute Gasteiger partial charge is 0.240 e. The standard InChI is InChI=1S/C14H24N2O2/c1-3-8-14(18)10-16(11-14)9-13(17)15(2)12-6-4-5-7-12/h6,18H,3-5,7-11H2,1-2H3. The lowest BCUT2D eigenvalue weighted by Gasteiger charge is -2.46. The molecule has 1 saturated heterocycles. The molecule has 1 amide bonds. The number of nitrogens with zero attached hydrogens (tertiary/aromatic N) is 2. The molecule has 4 heteroatoms. The topological polar surface area (TPSA) is 43.8 Å². The number of rotatable bonds is 5. The third-order valence-electron chi connectivity index (χ3n) is 3.93. The molecule has 1 N–H and O–H groups in total. The van der Waals surface area contributed by atoms with Gasteiger partial charge in [-0.1, -0.05) is 19.4 Å². The molecule has 0 aromatic rings. The minimum absolute atomic E-state index is 0.140. The monoisotopic (exact) mass is 252 g/mol. The van der Waals surface area contributed by atoms with E-state index >= 15 is 0 Å². The minimum atomic E-state index is -0.541. The molecule has 1 fully saturated rings. The van der Waals surface area contributed by atoms with Crippen LogP contribution in [0.5, 0.6) is 0 Å². The van der Waals surface area contributed by atoms with Gasteiger partial charge in [-0.2, -0.15) is 0 Å². The number of hydrogen-bond acceptors (Lipinski definition) is 3. The van der Waals surface area contributed by atoms with Crippen molar-refractivity contribution in [1.82, 2.24) is 9.80 Å². The van der Waals surface area contributed by atoms with Gasteiger partial charge in [0.1, 0.15) is 0 Å². The van der Waals surface area contributed by atoms with Crippen molar-refractivity contribution in [3.8, 4) is 0 Å². The quantitative estimate of drug-likeness (QED) is 0.803. The summed E-state index contributed by atoms with van der Waals surface area (Å²) in [7, 11) is 1.86. The summed E-state index contributed by atoms with van der Waals surface area (Å²) in [5.41, 5.74) is 0.615. The van der Waals surface area contributed by atoms with Gasteiger partial charge in [0.05, 0.1) is 12.1 Å². The minimum Gasteiger partial charge on any atom is -0.387 e. The normalized spacial score (nSPS) is 22.5. The van der Waals surface area contributed by atoms with Crippen molar-refractivity contribution in [2.45, 2.75) is 44.6 Å². The summed E-state index contributed by atoms with van der Waals surface area (Å²) in [6.45, 7) is 3.78. The highest BCUT2D eigenvalue weighted by Crippen LogP contribution is 2.26. The number of aliphatic hydroxyl groups is 1. The van der Waals surface area contributed by atoms with Crippen molar-refractivity contribution in [1.29, 1.82) is 0 Å². The van der Waals surface area contributed by atoms with Gasteiger partial charge in [0.25, 0.3) is 0 Å². The van der Waals surface area contributed by atoms with E-state index in [4.69, 9.17) is 0 Å². The molecule has 2 rings (SSSR count). The van der Waals surface area contributed by atoms with Crippen LogP contribution in [0.3, 0.4) is 0 Å². The van der Waals surface area contributed by atoms with Crippen LogP contribution in [0.2, 0.25) is 0 Å². The van der Waals surface area contributed by atoms with Gasteiger partial charge in [0.2, 0.25) is 5.91 Å². The van der Waals surface area contributed by atoms with Crippen LogP contribution in [0, 0.1) is 0 Å². The fraction of sp³-hybridized carbons (Fsp3) is 0.786. The van der Waals surface area contributed by atoms with Gasteiger partial charge in [-0.25, -0.2) is 0 Å². The van der Waals surface area contributed by atoms with Crippen molar-refractivity contribution < 1.29 is 9.90 Å². The van der Waals surface area contributed by atoms with Crippen LogP contribution in [0.1, 0.15) is 39.0 Å². The van der Waals surface area contributed by atoms with E-state index in [-0.39, 0.29) is 5.91 Å². The average Bonchev–Trinajstić information content (AvgIpc) is 2.79. The van der Waals surface area contributed by atoms with Gasteiger partial charge >= 0.3 is 0 Å². The van der Waals surface area contributed by atoms with E-state index in [1.807, 2.05) is 11.9 Å². The molecule has 0 atom stereocenters. The van der Waals surface area contributed by atoms with Crippen LogP contribution >= 0.6 is 0 Å². The molecule has 0 bridgehead atoms. The van der Waals surface area contributed by atoms with Crippen LogP contribution < -0.4 is 0 Å². The maximum atomic E-state index is 12.1. The van der Waals surface area contributed by atoms with Crippen LogP contribution in [0.25, 0.3) is 0 Å². The second-order valence-corrected chi connectivity index (χ2v) is 5.66. The number of β-amino-alcohol motifs (C(OH)–C–C–N with tert-alkyl or cyclic N) is 1. The van der Waals surface area contributed by atoms with Crippen LogP contribution in [0.4, 0.5) is 0 Å². The van der Waals surface area contributed by atoms with Crippen molar-refractivity contribution >= 4 is 5.91 Å². The Morgan fingerprint density at radius 2 is 2.28 bits per heavy atom. The number of carbonyl (C=O) groups is 1. The van der Waals surface area contributed by atoms with Gasteiger partial charge < -0.3 is 10.0 Å². The van der Waals surface area contributed by atoms with E-state index in [9.17, 15) is 9.90 Å². The Kier molecular flexibility index (Phi) is 4.07. The van der Waals surface area contributed by atoms with E-state index in [0.717, 1.165) is 37.8 Å². The zero-order valence-corrected chi connectivity index (χ0v) is 11.5. The fourth-order valence-electron chi connectivity index (χ4n) is 2.94. The summed E-state index contributed by atoms with van der Waals surface area (Å²) < 4.78 is 0. The fourth-order valence-corrected chi connectivity index (χ4v) is 2.94. The summed E-state index contributed by atoms with van der Waals surface area (Å²) in [6.07, 6.45) is 7.24. The average molecular weight is 252 g/mol. The number of likely N-dealkylation sites (N-methyl/N-ethyl adjacent to an activating group) is 1. The molecule has 0 spiro atoms. The molecule has 2 aliphatic rings. The highest BCUT2D eigenvalue weighted by molar-refractivity contribution is 5.80. The molecular weight excluding hydrogens is 228 g/mol. The van der Waals surface area contributed by atoms with Crippen molar-refractivity contribution in [3.63, 3.8) is 0 Å².